The average Bonchev–Trinajstić information content (AvgIpc) is 2.60. The van der Waals surface area contributed by atoms with Crippen LogP contribution >= 0.6 is 11.6 Å². The lowest BCUT2D eigenvalue weighted by Crippen LogP contribution is -2.00. The minimum atomic E-state index is 0.688. The molecule has 0 amide bonds. The third kappa shape index (κ3) is 1.88. The molecule has 78 valence electrons. The lowest BCUT2D eigenvalue weighted by atomic mass is 10.3. The summed E-state index contributed by atoms with van der Waals surface area (Å²) in [5.41, 5.74) is 0.879. The van der Waals surface area contributed by atoms with E-state index in [-0.39, 0.29) is 0 Å². The summed E-state index contributed by atoms with van der Waals surface area (Å²) >= 11 is 6.09. The number of nitrogens with zero attached hydrogens (tertiary/aromatic N) is 3. The van der Waals surface area contributed by atoms with Gasteiger partial charge in [0, 0.05) is 6.42 Å². The maximum Gasteiger partial charge on any atom is 0.151 e. The van der Waals surface area contributed by atoms with Crippen molar-refractivity contribution in [3.63, 3.8) is 0 Å². The molecule has 0 spiro atoms. The number of benzene rings is 1. The minimum absolute atomic E-state index is 0.688. The summed E-state index contributed by atoms with van der Waals surface area (Å²) in [6.45, 7) is 3.96. The van der Waals surface area contributed by atoms with Crippen molar-refractivity contribution in [1.82, 2.24) is 14.8 Å². The van der Waals surface area contributed by atoms with Gasteiger partial charge in [0.25, 0.3) is 0 Å². The van der Waals surface area contributed by atoms with Crippen LogP contribution in [0.4, 0.5) is 0 Å². The molecule has 4 heteroatoms. The van der Waals surface area contributed by atoms with Crippen LogP contribution in [-0.2, 0) is 6.42 Å². The van der Waals surface area contributed by atoms with E-state index < -0.39 is 0 Å². The fourth-order valence-electron chi connectivity index (χ4n) is 1.45. The van der Waals surface area contributed by atoms with E-state index in [2.05, 4.69) is 10.1 Å². The van der Waals surface area contributed by atoms with Gasteiger partial charge in [-0.25, -0.2) is 9.67 Å². The molecule has 0 aliphatic rings. The Morgan fingerprint density at radius 2 is 2.07 bits per heavy atom. The predicted octanol–water partition coefficient (Wildman–Crippen LogP) is 2.79. The summed E-state index contributed by atoms with van der Waals surface area (Å²) < 4.78 is 1.78. The van der Waals surface area contributed by atoms with E-state index in [1.807, 2.05) is 38.1 Å². The number of hydrogen-bond donors (Lipinski definition) is 0. The monoisotopic (exact) mass is 221 g/mol. The second kappa shape index (κ2) is 4.03. The van der Waals surface area contributed by atoms with Crippen molar-refractivity contribution >= 4 is 11.6 Å². The van der Waals surface area contributed by atoms with Crippen molar-refractivity contribution in [2.75, 3.05) is 0 Å². The quantitative estimate of drug-likeness (QED) is 0.781. The first-order valence-electron chi connectivity index (χ1n) is 4.90. The molecule has 0 aliphatic heterocycles. The average molecular weight is 222 g/mol. The zero-order chi connectivity index (χ0) is 10.8. The van der Waals surface area contributed by atoms with Gasteiger partial charge in [-0.3, -0.25) is 0 Å². The van der Waals surface area contributed by atoms with Crippen molar-refractivity contribution in [3.05, 3.63) is 40.9 Å². The first-order valence-corrected chi connectivity index (χ1v) is 5.27. The maximum atomic E-state index is 6.09. The smallest absolute Gasteiger partial charge is 0.151 e. The normalized spacial score (nSPS) is 10.6. The zero-order valence-corrected chi connectivity index (χ0v) is 9.49. The molecule has 0 N–H and O–H groups in total. The fourth-order valence-corrected chi connectivity index (χ4v) is 1.66. The molecular formula is C11H12ClN3. The molecule has 0 bridgehead atoms. The summed E-state index contributed by atoms with van der Waals surface area (Å²) in [7, 11) is 0. The highest BCUT2D eigenvalue weighted by Gasteiger charge is 2.08. The van der Waals surface area contributed by atoms with E-state index in [9.17, 15) is 0 Å². The lowest BCUT2D eigenvalue weighted by molar-refractivity contribution is 0.818. The summed E-state index contributed by atoms with van der Waals surface area (Å²) in [6.07, 6.45) is 0.832. The van der Waals surface area contributed by atoms with Gasteiger partial charge >= 0.3 is 0 Å². The molecule has 0 saturated carbocycles. The molecule has 0 fully saturated rings. The van der Waals surface area contributed by atoms with Gasteiger partial charge in [-0.05, 0) is 19.1 Å². The van der Waals surface area contributed by atoms with Crippen molar-refractivity contribution in [2.24, 2.45) is 0 Å². The number of halogens is 1. The van der Waals surface area contributed by atoms with Crippen LogP contribution in [0.3, 0.4) is 0 Å². The highest BCUT2D eigenvalue weighted by molar-refractivity contribution is 6.32. The van der Waals surface area contributed by atoms with Crippen LogP contribution in [0.15, 0.2) is 24.3 Å². The summed E-state index contributed by atoms with van der Waals surface area (Å²) in [5, 5.41) is 5.07. The first kappa shape index (κ1) is 10.2. The molecule has 3 nitrogen and oxygen atoms in total. The van der Waals surface area contributed by atoms with E-state index in [4.69, 9.17) is 11.6 Å². The summed E-state index contributed by atoms with van der Waals surface area (Å²) in [5.74, 6) is 1.70. The van der Waals surface area contributed by atoms with Gasteiger partial charge in [-0.15, -0.1) is 0 Å². The van der Waals surface area contributed by atoms with E-state index in [0.717, 1.165) is 23.8 Å². The van der Waals surface area contributed by atoms with Gasteiger partial charge in [0.05, 0.1) is 10.7 Å². The van der Waals surface area contributed by atoms with Crippen molar-refractivity contribution in [1.29, 1.82) is 0 Å². The van der Waals surface area contributed by atoms with Gasteiger partial charge in [-0.2, -0.15) is 5.10 Å². The number of para-hydroxylation sites is 1. The number of aromatic nitrogens is 3. The largest absolute Gasteiger partial charge is 0.216 e. The number of aryl methyl sites for hydroxylation is 2. The highest BCUT2D eigenvalue weighted by Crippen LogP contribution is 2.19. The van der Waals surface area contributed by atoms with Gasteiger partial charge in [0.15, 0.2) is 5.82 Å². The van der Waals surface area contributed by atoms with Crippen LogP contribution in [0.2, 0.25) is 5.02 Å². The van der Waals surface area contributed by atoms with Crippen LogP contribution in [0.1, 0.15) is 18.6 Å². The molecule has 0 atom stereocenters. The van der Waals surface area contributed by atoms with E-state index in [1.165, 1.54) is 0 Å². The SMILES string of the molecule is CCc1nc(C)n(-c2ccccc2Cl)n1. The third-order valence-electron chi connectivity index (χ3n) is 2.21. The Labute approximate surface area is 93.7 Å². The Kier molecular flexibility index (Phi) is 2.73. The van der Waals surface area contributed by atoms with Crippen molar-refractivity contribution in [2.45, 2.75) is 20.3 Å². The summed E-state index contributed by atoms with van der Waals surface area (Å²) in [6, 6.07) is 7.62. The molecule has 0 unspecified atom stereocenters. The van der Waals surface area contributed by atoms with Crippen LogP contribution in [0.5, 0.6) is 0 Å². The van der Waals surface area contributed by atoms with Crippen LogP contribution < -0.4 is 0 Å². The second-order valence-electron chi connectivity index (χ2n) is 3.29. The number of hydrogen-bond acceptors (Lipinski definition) is 2. The molecule has 2 aromatic rings. The summed E-state index contributed by atoms with van der Waals surface area (Å²) in [4.78, 5) is 4.34. The van der Waals surface area contributed by atoms with Crippen molar-refractivity contribution in [3.8, 4) is 5.69 Å². The first-order chi connectivity index (χ1) is 7.22. The molecule has 0 radical (unpaired) electrons. The van der Waals surface area contributed by atoms with E-state index in [0.29, 0.717) is 5.02 Å². The third-order valence-corrected chi connectivity index (χ3v) is 2.53. The highest BCUT2D eigenvalue weighted by atomic mass is 35.5. The standard InChI is InChI=1S/C11H12ClN3/c1-3-11-13-8(2)15(14-11)10-7-5-4-6-9(10)12/h4-7H,3H2,1-2H3. The fraction of sp³-hybridized carbons (Fsp3) is 0.273. The Morgan fingerprint density at radius 1 is 1.33 bits per heavy atom. The Hall–Kier alpha value is -1.35. The molecule has 0 saturated heterocycles. The topological polar surface area (TPSA) is 30.7 Å². The van der Waals surface area contributed by atoms with Gasteiger partial charge < -0.3 is 0 Å². The molecule has 1 aromatic heterocycles. The Bertz CT molecular complexity index is 476. The zero-order valence-electron chi connectivity index (χ0n) is 8.74. The van der Waals surface area contributed by atoms with Gasteiger partial charge in [-0.1, -0.05) is 30.7 Å². The minimum Gasteiger partial charge on any atom is -0.216 e. The molecule has 15 heavy (non-hydrogen) atoms. The van der Waals surface area contributed by atoms with E-state index >= 15 is 0 Å². The molecule has 2 rings (SSSR count). The molecule has 1 aromatic carbocycles. The van der Waals surface area contributed by atoms with Crippen LogP contribution in [0, 0.1) is 6.92 Å². The molecule has 0 aliphatic carbocycles. The predicted molar refractivity (Wildman–Crippen MR) is 60.5 cm³/mol. The second-order valence-corrected chi connectivity index (χ2v) is 3.70. The Morgan fingerprint density at radius 3 is 2.67 bits per heavy atom. The van der Waals surface area contributed by atoms with Crippen molar-refractivity contribution < 1.29 is 0 Å². The van der Waals surface area contributed by atoms with Gasteiger partial charge in [0.1, 0.15) is 5.82 Å². The molecular weight excluding hydrogens is 210 g/mol. The molecule has 1 heterocycles. The lowest BCUT2D eigenvalue weighted by Gasteiger charge is -2.04. The Balaban J connectivity index is 2.54. The van der Waals surface area contributed by atoms with E-state index in [1.54, 1.807) is 4.68 Å². The van der Waals surface area contributed by atoms with Crippen LogP contribution in [0.25, 0.3) is 5.69 Å². The van der Waals surface area contributed by atoms with Crippen LogP contribution in [-0.4, -0.2) is 14.8 Å². The van der Waals surface area contributed by atoms with Gasteiger partial charge in [0.2, 0.25) is 0 Å². The number of rotatable bonds is 2. The maximum absolute atomic E-state index is 6.09.